The summed E-state index contributed by atoms with van der Waals surface area (Å²) in [5, 5.41) is 2.74. The molecule has 0 radical (unpaired) electrons. The highest BCUT2D eigenvalue weighted by molar-refractivity contribution is 7.92. The Hall–Kier alpha value is -2.58. The third kappa shape index (κ3) is 5.73. The summed E-state index contributed by atoms with van der Waals surface area (Å²) in [5.74, 6) is -1.11. The van der Waals surface area contributed by atoms with E-state index in [2.05, 4.69) is 5.32 Å². The van der Waals surface area contributed by atoms with Gasteiger partial charge in [-0.2, -0.15) is 0 Å². The molecule has 0 aliphatic heterocycles. The average molecular weight is 453 g/mol. The second kappa shape index (κ2) is 9.95. The van der Waals surface area contributed by atoms with Gasteiger partial charge in [-0.1, -0.05) is 43.6 Å². The molecule has 0 heterocycles. The van der Waals surface area contributed by atoms with Gasteiger partial charge in [0, 0.05) is 13.1 Å². The van der Waals surface area contributed by atoms with Crippen LogP contribution < -0.4 is 9.62 Å². The number of nitrogens with zero attached hydrogens (tertiary/aromatic N) is 1. The van der Waals surface area contributed by atoms with E-state index in [1.807, 2.05) is 20.8 Å². The fourth-order valence-corrected chi connectivity index (χ4v) is 3.84. The van der Waals surface area contributed by atoms with Crippen LogP contribution in [0.15, 0.2) is 53.4 Å². The van der Waals surface area contributed by atoms with Crippen LogP contribution in [0, 0.1) is 5.92 Å². The smallest absolute Gasteiger partial charge is 0.340 e. The molecule has 0 unspecified atom stereocenters. The second-order valence-corrected chi connectivity index (χ2v) is 9.50. The molecule has 0 bridgehead atoms. The van der Waals surface area contributed by atoms with Crippen LogP contribution in [0.5, 0.6) is 0 Å². The minimum atomic E-state index is -3.93. The van der Waals surface area contributed by atoms with Crippen LogP contribution in [0.3, 0.4) is 0 Å². The molecule has 0 fully saturated rings. The number of rotatable bonds is 8. The lowest BCUT2D eigenvalue weighted by Gasteiger charge is -2.20. The molecule has 0 spiro atoms. The summed E-state index contributed by atoms with van der Waals surface area (Å²) in [5.41, 5.74) is 0.330. The van der Waals surface area contributed by atoms with Crippen LogP contribution in [0.1, 0.15) is 31.1 Å². The van der Waals surface area contributed by atoms with E-state index in [4.69, 9.17) is 16.3 Å². The van der Waals surface area contributed by atoms with Crippen molar-refractivity contribution < 1.29 is 22.7 Å². The van der Waals surface area contributed by atoms with Crippen molar-refractivity contribution in [3.8, 4) is 0 Å². The Balaban J connectivity index is 2.18. The number of carbonyl (C=O) groups is 2. The van der Waals surface area contributed by atoms with Crippen molar-refractivity contribution in [2.75, 3.05) is 18.0 Å². The summed E-state index contributed by atoms with van der Waals surface area (Å²) >= 11 is 6.07. The van der Waals surface area contributed by atoms with Gasteiger partial charge in [-0.15, -0.1) is 0 Å². The zero-order valence-corrected chi connectivity index (χ0v) is 18.8. The Morgan fingerprint density at radius 3 is 2.33 bits per heavy atom. The highest BCUT2D eigenvalue weighted by Gasteiger charge is 2.24. The minimum absolute atomic E-state index is 0.0253. The molecular weight excluding hydrogens is 428 g/mol. The number of hydrogen-bond donors (Lipinski definition) is 1. The number of nitrogens with one attached hydrogen (secondary N) is 1. The first kappa shape index (κ1) is 23.7. The first-order chi connectivity index (χ1) is 14.0. The summed E-state index contributed by atoms with van der Waals surface area (Å²) < 4.78 is 32.0. The fraction of sp³-hybridized carbons (Fsp3) is 0.333. The van der Waals surface area contributed by atoms with Crippen LogP contribution in [0.25, 0.3) is 0 Å². The maximum Gasteiger partial charge on any atom is 0.340 e. The van der Waals surface area contributed by atoms with E-state index < -0.39 is 28.5 Å². The van der Waals surface area contributed by atoms with Crippen LogP contribution in [-0.2, 0) is 19.6 Å². The number of para-hydroxylation sites is 1. The molecular formula is C21H25ClN2O5S. The Kier molecular flexibility index (Phi) is 7.86. The van der Waals surface area contributed by atoms with Crippen LogP contribution in [0.4, 0.5) is 5.69 Å². The van der Waals surface area contributed by atoms with Crippen molar-refractivity contribution in [1.29, 1.82) is 0 Å². The molecule has 2 rings (SSSR count). The van der Waals surface area contributed by atoms with Gasteiger partial charge in [0.25, 0.3) is 15.9 Å². The quantitative estimate of drug-likeness (QED) is 0.619. The topological polar surface area (TPSA) is 92.8 Å². The Bertz CT molecular complexity index is 1010. The Morgan fingerprint density at radius 1 is 1.10 bits per heavy atom. The molecule has 162 valence electrons. The first-order valence-electron chi connectivity index (χ1n) is 9.34. The van der Waals surface area contributed by atoms with E-state index in [-0.39, 0.29) is 27.4 Å². The zero-order chi connectivity index (χ0) is 22.5. The number of ether oxygens (including phenoxy) is 1. The average Bonchev–Trinajstić information content (AvgIpc) is 2.72. The van der Waals surface area contributed by atoms with Gasteiger partial charge in [0.1, 0.15) is 0 Å². The number of benzene rings is 2. The molecule has 0 aliphatic carbocycles. The SMILES string of the molecule is CC(C)[C@H](C)NC(=O)COC(=O)c1cc(S(=O)(=O)N(C)c2ccccc2)ccc1Cl. The van der Waals surface area contributed by atoms with Crippen molar-refractivity contribution in [3.05, 3.63) is 59.1 Å². The molecule has 2 aromatic carbocycles. The van der Waals surface area contributed by atoms with E-state index in [1.165, 1.54) is 19.2 Å². The van der Waals surface area contributed by atoms with Crippen LogP contribution in [-0.4, -0.2) is 40.0 Å². The number of amides is 1. The summed E-state index contributed by atoms with van der Waals surface area (Å²) in [4.78, 5) is 24.2. The molecule has 30 heavy (non-hydrogen) atoms. The molecule has 0 saturated carbocycles. The Labute approximate surface area is 182 Å². The summed E-state index contributed by atoms with van der Waals surface area (Å²) in [7, 11) is -2.52. The van der Waals surface area contributed by atoms with E-state index >= 15 is 0 Å². The van der Waals surface area contributed by atoms with Gasteiger partial charge >= 0.3 is 5.97 Å². The number of hydrogen-bond acceptors (Lipinski definition) is 5. The summed E-state index contributed by atoms with van der Waals surface area (Å²) in [6.45, 7) is 5.26. The van der Waals surface area contributed by atoms with Crippen LogP contribution in [0.2, 0.25) is 5.02 Å². The lowest BCUT2D eigenvalue weighted by atomic mass is 10.1. The summed E-state index contributed by atoms with van der Waals surface area (Å²) in [6, 6.07) is 12.2. The molecule has 0 aromatic heterocycles. The predicted molar refractivity (Wildman–Crippen MR) is 116 cm³/mol. The molecule has 7 nitrogen and oxygen atoms in total. The fourth-order valence-electron chi connectivity index (χ4n) is 2.43. The van der Waals surface area contributed by atoms with Crippen molar-refractivity contribution in [3.63, 3.8) is 0 Å². The number of esters is 1. The normalized spacial score (nSPS) is 12.3. The van der Waals surface area contributed by atoms with E-state index in [9.17, 15) is 18.0 Å². The van der Waals surface area contributed by atoms with Crippen molar-refractivity contribution >= 4 is 39.2 Å². The van der Waals surface area contributed by atoms with E-state index in [1.54, 1.807) is 30.3 Å². The number of anilines is 1. The number of sulfonamides is 1. The summed E-state index contributed by atoms with van der Waals surface area (Å²) in [6.07, 6.45) is 0. The van der Waals surface area contributed by atoms with Gasteiger partial charge in [-0.05, 0) is 43.2 Å². The van der Waals surface area contributed by atoms with Crippen molar-refractivity contribution in [1.82, 2.24) is 5.32 Å². The molecule has 1 atom stereocenters. The third-order valence-electron chi connectivity index (χ3n) is 4.66. The monoisotopic (exact) mass is 452 g/mol. The largest absolute Gasteiger partial charge is 0.452 e. The lowest BCUT2D eigenvalue weighted by molar-refractivity contribution is -0.125. The minimum Gasteiger partial charge on any atom is -0.452 e. The van der Waals surface area contributed by atoms with Crippen LogP contribution >= 0.6 is 11.6 Å². The standard InChI is InChI=1S/C21H25ClN2O5S/c1-14(2)15(3)23-20(25)13-29-21(26)18-12-17(10-11-19(18)22)30(27,28)24(4)16-8-6-5-7-9-16/h5-12,14-15H,13H2,1-4H3,(H,23,25)/t15-/m0/s1. The molecule has 9 heteroatoms. The zero-order valence-electron chi connectivity index (χ0n) is 17.3. The lowest BCUT2D eigenvalue weighted by Crippen LogP contribution is -2.38. The van der Waals surface area contributed by atoms with Crippen molar-refractivity contribution in [2.45, 2.75) is 31.7 Å². The maximum atomic E-state index is 12.9. The maximum absolute atomic E-state index is 12.9. The molecule has 0 saturated heterocycles. The molecule has 1 amide bonds. The number of halogens is 1. The van der Waals surface area contributed by atoms with Gasteiger partial charge < -0.3 is 10.1 Å². The second-order valence-electron chi connectivity index (χ2n) is 7.13. The van der Waals surface area contributed by atoms with Gasteiger partial charge in [-0.3, -0.25) is 9.10 Å². The first-order valence-corrected chi connectivity index (χ1v) is 11.2. The van der Waals surface area contributed by atoms with Crippen molar-refractivity contribution in [2.24, 2.45) is 5.92 Å². The number of carbonyl (C=O) groups excluding carboxylic acids is 2. The Morgan fingerprint density at radius 2 is 1.73 bits per heavy atom. The third-order valence-corrected chi connectivity index (χ3v) is 6.77. The van der Waals surface area contributed by atoms with E-state index in [0.717, 1.165) is 10.4 Å². The van der Waals surface area contributed by atoms with Gasteiger partial charge in [-0.25, -0.2) is 13.2 Å². The van der Waals surface area contributed by atoms with E-state index in [0.29, 0.717) is 5.69 Å². The molecule has 0 aliphatic rings. The molecule has 1 N–H and O–H groups in total. The highest BCUT2D eigenvalue weighted by atomic mass is 35.5. The van der Waals surface area contributed by atoms with Gasteiger partial charge in [0.2, 0.25) is 0 Å². The molecule has 2 aromatic rings. The highest BCUT2D eigenvalue weighted by Crippen LogP contribution is 2.26. The van der Waals surface area contributed by atoms with Gasteiger partial charge in [0.05, 0.1) is 21.2 Å². The predicted octanol–water partition coefficient (Wildman–Crippen LogP) is 3.48. The van der Waals surface area contributed by atoms with Gasteiger partial charge in [0.15, 0.2) is 6.61 Å².